The molecule has 1 aromatic rings. The molecule has 1 saturated heterocycles. The maximum Gasteiger partial charge on any atom is 0.260 e. The summed E-state index contributed by atoms with van der Waals surface area (Å²) in [5, 5.41) is 4.19. The largest absolute Gasteiger partial charge is 0.480 e. The van der Waals surface area contributed by atoms with Gasteiger partial charge in [-0.25, -0.2) is 0 Å². The molecule has 0 bridgehead atoms. The van der Waals surface area contributed by atoms with E-state index in [1.807, 2.05) is 15.8 Å². The van der Waals surface area contributed by atoms with Gasteiger partial charge in [0.1, 0.15) is 0 Å². The molecule has 0 radical (unpaired) electrons. The number of rotatable bonds is 4. The Morgan fingerprint density at radius 2 is 2.00 bits per heavy atom. The Morgan fingerprint density at radius 3 is 2.58 bits per heavy atom. The van der Waals surface area contributed by atoms with Crippen molar-refractivity contribution in [3.63, 3.8) is 0 Å². The smallest absolute Gasteiger partial charge is 0.260 e. The maximum absolute atomic E-state index is 12.0. The third kappa shape index (κ3) is 3.98. The Bertz CT molecular complexity index is 407. The van der Waals surface area contributed by atoms with Gasteiger partial charge in [-0.3, -0.25) is 9.48 Å². The third-order valence-electron chi connectivity index (χ3n) is 3.43. The predicted octanol–water partition coefficient (Wildman–Crippen LogP) is 2.25. The second kappa shape index (κ2) is 6.59. The molecule has 2 rings (SSSR count). The lowest BCUT2D eigenvalue weighted by Gasteiger charge is -2.19. The molecule has 0 atom stereocenters. The molecule has 1 amide bonds. The Hall–Kier alpha value is -1.52. The van der Waals surface area contributed by atoms with E-state index in [1.165, 1.54) is 12.8 Å². The van der Waals surface area contributed by atoms with Gasteiger partial charge >= 0.3 is 0 Å². The first-order chi connectivity index (χ1) is 9.16. The third-order valence-corrected chi connectivity index (χ3v) is 3.43. The molecule has 0 aromatic carbocycles. The van der Waals surface area contributed by atoms with Crippen LogP contribution < -0.4 is 4.74 Å². The molecule has 5 nitrogen and oxygen atoms in total. The molecular formula is C14H23N3O2. The number of carbonyl (C=O) groups is 1. The van der Waals surface area contributed by atoms with Crippen molar-refractivity contribution in [1.29, 1.82) is 0 Å². The molecule has 0 aliphatic carbocycles. The van der Waals surface area contributed by atoms with E-state index in [9.17, 15) is 4.79 Å². The standard InChI is InChI=1S/C14H23N3O2/c1-12(2)17-10-13(9-15-17)19-11-14(18)16-7-5-3-4-6-8-16/h9-10,12H,3-8,11H2,1-2H3. The van der Waals surface area contributed by atoms with Crippen LogP contribution in [0.25, 0.3) is 0 Å². The minimum atomic E-state index is 0.0826. The number of hydrogen-bond donors (Lipinski definition) is 0. The number of carbonyl (C=O) groups excluding carboxylic acids is 1. The van der Waals surface area contributed by atoms with Gasteiger partial charge in [0, 0.05) is 19.1 Å². The summed E-state index contributed by atoms with van der Waals surface area (Å²) in [6.07, 6.45) is 8.17. The molecule has 0 N–H and O–H groups in total. The van der Waals surface area contributed by atoms with Gasteiger partial charge in [-0.15, -0.1) is 0 Å². The Labute approximate surface area is 114 Å². The van der Waals surface area contributed by atoms with Crippen LogP contribution in [-0.4, -0.2) is 40.3 Å². The van der Waals surface area contributed by atoms with Crippen LogP contribution in [0.15, 0.2) is 12.4 Å². The molecule has 2 heterocycles. The maximum atomic E-state index is 12.0. The molecule has 0 saturated carbocycles. The number of ether oxygens (including phenoxy) is 1. The van der Waals surface area contributed by atoms with Gasteiger partial charge < -0.3 is 9.64 Å². The summed E-state index contributed by atoms with van der Waals surface area (Å²) in [6, 6.07) is 0.304. The van der Waals surface area contributed by atoms with E-state index >= 15 is 0 Å². The highest BCUT2D eigenvalue weighted by molar-refractivity contribution is 5.77. The van der Waals surface area contributed by atoms with Gasteiger partial charge in [0.25, 0.3) is 5.91 Å². The fraction of sp³-hybridized carbons (Fsp3) is 0.714. The van der Waals surface area contributed by atoms with E-state index in [1.54, 1.807) is 6.20 Å². The van der Waals surface area contributed by atoms with E-state index in [4.69, 9.17) is 4.74 Å². The number of nitrogens with zero attached hydrogens (tertiary/aromatic N) is 3. The number of likely N-dealkylation sites (tertiary alicyclic amines) is 1. The first kappa shape index (κ1) is 13.9. The van der Waals surface area contributed by atoms with Gasteiger partial charge in [0.2, 0.25) is 0 Å². The van der Waals surface area contributed by atoms with Crippen molar-refractivity contribution in [3.8, 4) is 5.75 Å². The monoisotopic (exact) mass is 265 g/mol. The van der Waals surface area contributed by atoms with Gasteiger partial charge in [0.15, 0.2) is 12.4 Å². The molecule has 1 fully saturated rings. The van der Waals surface area contributed by atoms with Crippen LogP contribution in [0.3, 0.4) is 0 Å². The summed E-state index contributed by atoms with van der Waals surface area (Å²) in [5.74, 6) is 0.746. The molecule has 106 valence electrons. The molecular weight excluding hydrogens is 242 g/mol. The number of hydrogen-bond acceptors (Lipinski definition) is 3. The van der Waals surface area contributed by atoms with Gasteiger partial charge in [-0.1, -0.05) is 12.8 Å². The van der Waals surface area contributed by atoms with Crippen LogP contribution in [-0.2, 0) is 4.79 Å². The van der Waals surface area contributed by atoms with Crippen molar-refractivity contribution in [2.75, 3.05) is 19.7 Å². The summed E-state index contributed by atoms with van der Waals surface area (Å²) in [5.41, 5.74) is 0. The van der Waals surface area contributed by atoms with Crippen molar-refractivity contribution >= 4 is 5.91 Å². The van der Waals surface area contributed by atoms with Crippen LogP contribution >= 0.6 is 0 Å². The summed E-state index contributed by atoms with van der Waals surface area (Å²) < 4.78 is 7.34. The highest BCUT2D eigenvalue weighted by atomic mass is 16.5. The topological polar surface area (TPSA) is 47.4 Å². The van der Waals surface area contributed by atoms with E-state index < -0.39 is 0 Å². The van der Waals surface area contributed by atoms with Crippen LogP contribution in [0.2, 0.25) is 0 Å². The zero-order valence-corrected chi connectivity index (χ0v) is 11.8. The lowest BCUT2D eigenvalue weighted by atomic mass is 10.2. The predicted molar refractivity (Wildman–Crippen MR) is 73.2 cm³/mol. The van der Waals surface area contributed by atoms with Crippen molar-refractivity contribution in [1.82, 2.24) is 14.7 Å². The zero-order chi connectivity index (χ0) is 13.7. The number of aromatic nitrogens is 2. The van der Waals surface area contributed by atoms with Gasteiger partial charge in [-0.05, 0) is 26.7 Å². The highest BCUT2D eigenvalue weighted by Crippen LogP contribution is 2.13. The Kier molecular flexibility index (Phi) is 4.82. The molecule has 1 aliphatic heterocycles. The summed E-state index contributed by atoms with van der Waals surface area (Å²) in [7, 11) is 0. The minimum absolute atomic E-state index is 0.0826. The molecule has 19 heavy (non-hydrogen) atoms. The highest BCUT2D eigenvalue weighted by Gasteiger charge is 2.16. The summed E-state index contributed by atoms with van der Waals surface area (Å²) in [4.78, 5) is 14.0. The first-order valence-electron chi connectivity index (χ1n) is 7.11. The van der Waals surface area contributed by atoms with E-state index in [0.29, 0.717) is 11.8 Å². The molecule has 1 aromatic heterocycles. The van der Waals surface area contributed by atoms with Crippen molar-refractivity contribution in [2.24, 2.45) is 0 Å². The van der Waals surface area contributed by atoms with Crippen LogP contribution in [0, 0.1) is 0 Å². The normalized spacial score (nSPS) is 16.5. The van der Waals surface area contributed by atoms with Gasteiger partial charge in [0.05, 0.1) is 12.4 Å². The van der Waals surface area contributed by atoms with Crippen LogP contribution in [0.4, 0.5) is 0 Å². The fourth-order valence-corrected chi connectivity index (χ4v) is 2.23. The van der Waals surface area contributed by atoms with Crippen molar-refractivity contribution < 1.29 is 9.53 Å². The molecule has 1 aliphatic rings. The summed E-state index contributed by atoms with van der Waals surface area (Å²) >= 11 is 0. The molecule has 0 unspecified atom stereocenters. The lowest BCUT2D eigenvalue weighted by molar-refractivity contribution is -0.133. The summed E-state index contributed by atoms with van der Waals surface area (Å²) in [6.45, 7) is 5.96. The Balaban J connectivity index is 1.81. The lowest BCUT2D eigenvalue weighted by Crippen LogP contribution is -2.35. The van der Waals surface area contributed by atoms with E-state index in [0.717, 1.165) is 25.9 Å². The van der Waals surface area contributed by atoms with Gasteiger partial charge in [-0.2, -0.15) is 5.10 Å². The SMILES string of the molecule is CC(C)n1cc(OCC(=O)N2CCCCCC2)cn1. The van der Waals surface area contributed by atoms with Crippen LogP contribution in [0.1, 0.15) is 45.6 Å². The Morgan fingerprint density at radius 1 is 1.32 bits per heavy atom. The van der Waals surface area contributed by atoms with Crippen molar-refractivity contribution in [2.45, 2.75) is 45.6 Å². The van der Waals surface area contributed by atoms with Crippen molar-refractivity contribution in [3.05, 3.63) is 12.4 Å². The fourth-order valence-electron chi connectivity index (χ4n) is 2.23. The van der Waals surface area contributed by atoms with Crippen LogP contribution in [0.5, 0.6) is 5.75 Å². The molecule has 0 spiro atoms. The second-order valence-corrected chi connectivity index (χ2v) is 5.33. The second-order valence-electron chi connectivity index (χ2n) is 5.33. The average molecular weight is 265 g/mol. The quantitative estimate of drug-likeness (QED) is 0.839. The van der Waals surface area contributed by atoms with E-state index in [-0.39, 0.29) is 12.5 Å². The average Bonchev–Trinajstić information content (AvgIpc) is 2.70. The first-order valence-corrected chi connectivity index (χ1v) is 7.11. The number of amides is 1. The zero-order valence-electron chi connectivity index (χ0n) is 11.8. The van der Waals surface area contributed by atoms with E-state index in [2.05, 4.69) is 18.9 Å². The molecule has 5 heteroatoms. The minimum Gasteiger partial charge on any atom is -0.480 e.